The normalized spacial score (nSPS) is 15.6. The highest BCUT2D eigenvalue weighted by molar-refractivity contribution is 14.0. The van der Waals surface area contributed by atoms with Crippen molar-refractivity contribution in [2.24, 2.45) is 16.6 Å². The van der Waals surface area contributed by atoms with Crippen molar-refractivity contribution < 1.29 is 8.42 Å². The first kappa shape index (κ1) is 20.2. The summed E-state index contributed by atoms with van der Waals surface area (Å²) in [6.07, 6.45) is 3.44. The van der Waals surface area contributed by atoms with E-state index in [0.29, 0.717) is 12.5 Å². The topological polar surface area (TPSA) is 96.6 Å². The summed E-state index contributed by atoms with van der Waals surface area (Å²) in [4.78, 5) is 4.05. The second kappa shape index (κ2) is 9.43. The predicted molar refractivity (Wildman–Crippen MR) is 106 cm³/mol. The number of sulfonamides is 1. The third-order valence-corrected chi connectivity index (χ3v) is 5.11. The molecule has 1 aromatic rings. The van der Waals surface area contributed by atoms with Crippen molar-refractivity contribution in [2.45, 2.75) is 26.2 Å². The van der Waals surface area contributed by atoms with Crippen molar-refractivity contribution in [1.29, 1.82) is 0 Å². The van der Waals surface area contributed by atoms with Crippen LogP contribution in [-0.2, 0) is 10.0 Å². The number of benzene rings is 1. The van der Waals surface area contributed by atoms with Crippen molar-refractivity contribution >= 4 is 45.6 Å². The Labute approximate surface area is 155 Å². The number of anilines is 1. The molecule has 0 amide bonds. The maximum absolute atomic E-state index is 11.8. The van der Waals surface area contributed by atoms with Crippen LogP contribution in [0.5, 0.6) is 0 Å². The van der Waals surface area contributed by atoms with E-state index < -0.39 is 10.0 Å². The highest BCUT2D eigenvalue weighted by Gasteiger charge is 2.19. The van der Waals surface area contributed by atoms with Crippen molar-refractivity contribution in [3.05, 3.63) is 29.8 Å². The number of hydrogen-bond donors (Lipinski definition) is 3. The Bertz CT molecular complexity index is 613. The van der Waals surface area contributed by atoms with Crippen molar-refractivity contribution in [3.63, 3.8) is 0 Å². The van der Waals surface area contributed by atoms with E-state index in [0.717, 1.165) is 24.1 Å². The van der Waals surface area contributed by atoms with Crippen LogP contribution < -0.4 is 15.8 Å². The second-order valence-corrected chi connectivity index (χ2v) is 7.65. The average molecular weight is 452 g/mol. The number of halogens is 1. The van der Waals surface area contributed by atoms with Crippen LogP contribution in [0.25, 0.3) is 0 Å². The predicted octanol–water partition coefficient (Wildman–Crippen LogP) is 2.06. The maximum Gasteiger partial charge on any atom is 0.213 e. The Morgan fingerprint density at radius 1 is 1.30 bits per heavy atom. The monoisotopic (exact) mass is 452 g/mol. The van der Waals surface area contributed by atoms with Crippen LogP contribution in [0.1, 0.15) is 24.8 Å². The van der Waals surface area contributed by atoms with Crippen LogP contribution in [0.4, 0.5) is 5.69 Å². The van der Waals surface area contributed by atoms with Gasteiger partial charge in [-0.3, -0.25) is 4.99 Å². The molecule has 4 N–H and O–H groups in total. The molecule has 0 aromatic heterocycles. The van der Waals surface area contributed by atoms with Crippen molar-refractivity contribution in [3.8, 4) is 0 Å². The lowest BCUT2D eigenvalue weighted by Gasteiger charge is -2.25. The summed E-state index contributed by atoms with van der Waals surface area (Å²) < 4.78 is 26.3. The van der Waals surface area contributed by atoms with E-state index in [1.807, 2.05) is 31.2 Å². The number of nitrogens with zero attached hydrogens (tertiary/aromatic N) is 1. The van der Waals surface area contributed by atoms with Gasteiger partial charge in [-0.15, -0.1) is 24.0 Å². The standard InChI is InChI=1S/C15H24N4O2S.HI/c1-12-5-7-14(8-6-12)19-15(16)17-9-10-22(20,21)18-11-13-3-2-4-13;/h5-8,13,18H,2-4,9-11H2,1H3,(H3,16,17,19);1H. The van der Waals surface area contributed by atoms with Gasteiger partial charge in [-0.25, -0.2) is 13.1 Å². The van der Waals surface area contributed by atoms with Gasteiger partial charge in [0.2, 0.25) is 10.0 Å². The number of rotatable bonds is 7. The van der Waals surface area contributed by atoms with Crippen LogP contribution in [0.2, 0.25) is 0 Å². The maximum atomic E-state index is 11.8. The Morgan fingerprint density at radius 3 is 2.52 bits per heavy atom. The van der Waals surface area contributed by atoms with Gasteiger partial charge in [0, 0.05) is 12.2 Å². The lowest BCUT2D eigenvalue weighted by molar-refractivity contribution is 0.316. The van der Waals surface area contributed by atoms with Crippen LogP contribution in [-0.4, -0.2) is 33.2 Å². The molecule has 130 valence electrons. The van der Waals surface area contributed by atoms with Crippen molar-refractivity contribution in [2.75, 3.05) is 24.2 Å². The van der Waals surface area contributed by atoms with Gasteiger partial charge in [0.15, 0.2) is 5.96 Å². The molecule has 0 unspecified atom stereocenters. The first-order chi connectivity index (χ1) is 10.4. The summed E-state index contributed by atoms with van der Waals surface area (Å²) in [6, 6.07) is 7.72. The van der Waals surface area contributed by atoms with Gasteiger partial charge < -0.3 is 11.1 Å². The second-order valence-electron chi connectivity index (χ2n) is 5.72. The number of nitrogens with two attached hydrogens (primary N) is 1. The SMILES string of the molecule is Cc1ccc(NC(N)=NCCS(=O)(=O)NCC2CCC2)cc1.I. The lowest BCUT2D eigenvalue weighted by Crippen LogP contribution is -2.34. The molecule has 1 aromatic carbocycles. The number of nitrogens with one attached hydrogen (secondary N) is 2. The number of guanidine groups is 1. The minimum absolute atomic E-state index is 0. The molecule has 0 radical (unpaired) electrons. The van der Waals surface area contributed by atoms with E-state index in [9.17, 15) is 8.42 Å². The van der Waals surface area contributed by atoms with Crippen LogP contribution >= 0.6 is 24.0 Å². The summed E-state index contributed by atoms with van der Waals surface area (Å²) in [7, 11) is -3.27. The highest BCUT2D eigenvalue weighted by Crippen LogP contribution is 2.25. The number of aryl methyl sites for hydroxylation is 1. The van der Waals surface area contributed by atoms with Crippen molar-refractivity contribution in [1.82, 2.24) is 4.72 Å². The molecule has 1 aliphatic carbocycles. The van der Waals surface area contributed by atoms with E-state index in [4.69, 9.17) is 5.73 Å². The molecule has 0 atom stereocenters. The zero-order valence-electron chi connectivity index (χ0n) is 13.3. The molecule has 1 saturated carbocycles. The molecule has 2 rings (SSSR count). The summed E-state index contributed by atoms with van der Waals surface area (Å²) in [6.45, 7) is 2.69. The number of hydrogen-bond acceptors (Lipinski definition) is 3. The first-order valence-electron chi connectivity index (χ1n) is 7.55. The molecule has 0 aliphatic heterocycles. The summed E-state index contributed by atoms with van der Waals surface area (Å²) in [5.41, 5.74) is 7.74. The van der Waals surface area contributed by atoms with E-state index in [1.54, 1.807) is 0 Å². The van der Waals surface area contributed by atoms with E-state index in [1.165, 1.54) is 6.42 Å². The molecule has 8 heteroatoms. The van der Waals surface area contributed by atoms with E-state index in [-0.39, 0.29) is 42.2 Å². The van der Waals surface area contributed by atoms with E-state index in [2.05, 4.69) is 15.0 Å². The third kappa shape index (κ3) is 7.49. The fourth-order valence-electron chi connectivity index (χ4n) is 2.12. The molecule has 6 nitrogen and oxygen atoms in total. The summed E-state index contributed by atoms with van der Waals surface area (Å²) in [5.74, 6) is 0.681. The molecule has 0 bridgehead atoms. The molecule has 0 spiro atoms. The smallest absolute Gasteiger partial charge is 0.213 e. The van der Waals surface area contributed by atoms with Gasteiger partial charge in [0.25, 0.3) is 0 Å². The minimum Gasteiger partial charge on any atom is -0.370 e. The van der Waals surface area contributed by atoms with Crippen LogP contribution in [0.3, 0.4) is 0 Å². The Balaban J connectivity index is 0.00000264. The first-order valence-corrected chi connectivity index (χ1v) is 9.21. The van der Waals surface area contributed by atoms with E-state index >= 15 is 0 Å². The van der Waals surface area contributed by atoms with Gasteiger partial charge in [0.05, 0.1) is 12.3 Å². The highest BCUT2D eigenvalue weighted by atomic mass is 127. The lowest BCUT2D eigenvalue weighted by atomic mass is 9.86. The molecule has 1 fully saturated rings. The quantitative estimate of drug-likeness (QED) is 0.335. The minimum atomic E-state index is -3.27. The number of aliphatic imine (C=N–C) groups is 1. The summed E-state index contributed by atoms with van der Waals surface area (Å²) >= 11 is 0. The molecule has 1 aliphatic rings. The van der Waals surface area contributed by atoms with Gasteiger partial charge in [-0.05, 0) is 37.8 Å². The fourth-order valence-corrected chi connectivity index (χ4v) is 3.09. The molecule has 0 heterocycles. The molecule has 0 saturated heterocycles. The third-order valence-electron chi connectivity index (χ3n) is 3.78. The molecular formula is C15H25IN4O2S. The van der Waals surface area contributed by atoms with Gasteiger partial charge in [-0.2, -0.15) is 0 Å². The molecular weight excluding hydrogens is 427 g/mol. The van der Waals surface area contributed by atoms with Gasteiger partial charge in [0.1, 0.15) is 0 Å². The zero-order valence-corrected chi connectivity index (χ0v) is 16.4. The Hall–Kier alpha value is -0.870. The largest absolute Gasteiger partial charge is 0.370 e. The Morgan fingerprint density at radius 2 is 1.96 bits per heavy atom. The molecule has 23 heavy (non-hydrogen) atoms. The van der Waals surface area contributed by atoms with Gasteiger partial charge in [-0.1, -0.05) is 24.1 Å². The Kier molecular flexibility index (Phi) is 8.27. The fraction of sp³-hybridized carbons (Fsp3) is 0.533. The van der Waals surface area contributed by atoms with Crippen LogP contribution in [0.15, 0.2) is 29.3 Å². The summed E-state index contributed by atoms with van der Waals surface area (Å²) in [5, 5.41) is 2.94. The van der Waals surface area contributed by atoms with Gasteiger partial charge >= 0.3 is 0 Å². The zero-order chi connectivity index (χ0) is 16.0. The van der Waals surface area contributed by atoms with Crippen LogP contribution in [0, 0.1) is 12.8 Å². The average Bonchev–Trinajstić information content (AvgIpc) is 2.39.